The van der Waals surface area contributed by atoms with Crippen molar-refractivity contribution in [1.29, 1.82) is 0 Å². The van der Waals surface area contributed by atoms with Gasteiger partial charge in [-0.3, -0.25) is 4.79 Å². The Balaban J connectivity index is 2.68. The molecular weight excluding hydrogens is 222 g/mol. The molecule has 1 saturated heterocycles. The first-order valence-electron chi connectivity index (χ1n) is 5.81. The lowest BCUT2D eigenvalue weighted by Crippen LogP contribution is -2.49. The maximum Gasteiger partial charge on any atom is 0.410 e. The van der Waals surface area contributed by atoms with E-state index in [1.165, 1.54) is 11.0 Å². The Labute approximate surface area is 101 Å². The lowest BCUT2D eigenvalue weighted by Gasteiger charge is -2.38. The summed E-state index contributed by atoms with van der Waals surface area (Å²) in [4.78, 5) is 24.4. The van der Waals surface area contributed by atoms with Crippen LogP contribution in [0.5, 0.6) is 0 Å². The number of hydrogen-bond donors (Lipinski definition) is 1. The summed E-state index contributed by atoms with van der Waals surface area (Å²) < 4.78 is 4.92. The summed E-state index contributed by atoms with van der Waals surface area (Å²) in [6.07, 6.45) is 2.87. The molecule has 1 fully saturated rings. The maximum atomic E-state index is 11.6. The number of carboxylic acid groups (broad SMARTS) is 1. The first-order chi connectivity index (χ1) is 8.05. The minimum absolute atomic E-state index is 0.154. The predicted octanol–water partition coefficient (Wildman–Crippen LogP) is 1.89. The smallest absolute Gasteiger partial charge is 0.410 e. The van der Waals surface area contributed by atoms with Crippen LogP contribution in [0.1, 0.15) is 26.2 Å². The summed E-state index contributed by atoms with van der Waals surface area (Å²) in [6, 6.07) is 0. The molecule has 5 nitrogen and oxygen atoms in total. The van der Waals surface area contributed by atoms with E-state index in [1.54, 1.807) is 0 Å². The second-order valence-electron chi connectivity index (χ2n) is 4.33. The van der Waals surface area contributed by atoms with Gasteiger partial charge in [0, 0.05) is 13.1 Å². The number of nitrogens with zero attached hydrogens (tertiary/aromatic N) is 1. The van der Waals surface area contributed by atoms with Gasteiger partial charge in [0.15, 0.2) is 0 Å². The van der Waals surface area contributed by atoms with Crippen molar-refractivity contribution in [2.24, 2.45) is 5.41 Å². The van der Waals surface area contributed by atoms with Gasteiger partial charge in [-0.1, -0.05) is 19.6 Å². The van der Waals surface area contributed by atoms with E-state index in [9.17, 15) is 14.7 Å². The first-order valence-corrected chi connectivity index (χ1v) is 5.81. The average molecular weight is 241 g/mol. The molecule has 1 amide bonds. The number of rotatable bonds is 4. The quantitative estimate of drug-likeness (QED) is 0.763. The zero-order valence-corrected chi connectivity index (χ0v) is 10.1. The molecule has 0 radical (unpaired) electrons. The normalized spacial score (nSPS) is 24.2. The Hall–Kier alpha value is -1.52. The van der Waals surface area contributed by atoms with E-state index in [4.69, 9.17) is 4.74 Å². The van der Waals surface area contributed by atoms with Gasteiger partial charge in [-0.2, -0.15) is 0 Å². The van der Waals surface area contributed by atoms with E-state index in [-0.39, 0.29) is 13.2 Å². The van der Waals surface area contributed by atoms with Gasteiger partial charge in [0.2, 0.25) is 0 Å². The maximum absolute atomic E-state index is 11.6. The van der Waals surface area contributed by atoms with Gasteiger partial charge >= 0.3 is 12.1 Å². The second kappa shape index (κ2) is 5.70. The van der Waals surface area contributed by atoms with Crippen molar-refractivity contribution in [3.05, 3.63) is 12.7 Å². The SMILES string of the molecule is C=CCOC(=O)N1CCCC(CC)(C(=O)O)C1. The van der Waals surface area contributed by atoms with Gasteiger partial charge in [0.1, 0.15) is 6.61 Å². The highest BCUT2D eigenvalue weighted by molar-refractivity contribution is 5.77. The van der Waals surface area contributed by atoms with Gasteiger partial charge in [-0.15, -0.1) is 0 Å². The number of ether oxygens (including phenoxy) is 1. The molecule has 17 heavy (non-hydrogen) atoms. The highest BCUT2D eigenvalue weighted by atomic mass is 16.6. The lowest BCUT2D eigenvalue weighted by atomic mass is 9.78. The summed E-state index contributed by atoms with van der Waals surface area (Å²) in [5, 5.41) is 9.27. The molecular formula is C12H19NO4. The van der Waals surface area contributed by atoms with Crippen LogP contribution >= 0.6 is 0 Å². The number of amides is 1. The van der Waals surface area contributed by atoms with Crippen LogP contribution in [0.15, 0.2) is 12.7 Å². The van der Waals surface area contributed by atoms with Crippen molar-refractivity contribution >= 4 is 12.1 Å². The van der Waals surface area contributed by atoms with E-state index in [0.717, 1.165) is 0 Å². The van der Waals surface area contributed by atoms with Crippen LogP contribution in [0, 0.1) is 5.41 Å². The van der Waals surface area contributed by atoms with Crippen molar-refractivity contribution < 1.29 is 19.4 Å². The zero-order chi connectivity index (χ0) is 12.9. The van der Waals surface area contributed by atoms with E-state index < -0.39 is 17.5 Å². The molecule has 0 aromatic heterocycles. The molecule has 1 unspecified atom stereocenters. The summed E-state index contributed by atoms with van der Waals surface area (Å²) >= 11 is 0. The molecule has 0 bridgehead atoms. The zero-order valence-electron chi connectivity index (χ0n) is 10.1. The van der Waals surface area contributed by atoms with E-state index in [0.29, 0.717) is 25.8 Å². The summed E-state index contributed by atoms with van der Waals surface area (Å²) in [6.45, 7) is 6.25. The molecule has 5 heteroatoms. The van der Waals surface area contributed by atoms with E-state index >= 15 is 0 Å². The van der Waals surface area contributed by atoms with Crippen LogP contribution in [0.2, 0.25) is 0 Å². The standard InChI is InChI=1S/C12H19NO4/c1-3-8-17-11(16)13-7-5-6-12(4-2,9-13)10(14)15/h3H,1,4-9H2,2H3,(H,14,15). The van der Waals surface area contributed by atoms with Crippen LogP contribution < -0.4 is 0 Å². The molecule has 0 spiro atoms. The van der Waals surface area contributed by atoms with Gasteiger partial charge in [0.05, 0.1) is 5.41 Å². The van der Waals surface area contributed by atoms with Crippen LogP contribution in [0.4, 0.5) is 4.79 Å². The number of hydrogen-bond acceptors (Lipinski definition) is 3. The Morgan fingerprint density at radius 2 is 2.29 bits per heavy atom. The van der Waals surface area contributed by atoms with Crippen LogP contribution in [0.3, 0.4) is 0 Å². The molecule has 0 aromatic rings. The summed E-state index contributed by atoms with van der Waals surface area (Å²) in [5.74, 6) is -0.832. The lowest BCUT2D eigenvalue weighted by molar-refractivity contribution is -0.152. The van der Waals surface area contributed by atoms with E-state index in [1.807, 2.05) is 6.92 Å². The van der Waals surface area contributed by atoms with Gasteiger partial charge in [-0.25, -0.2) is 4.79 Å². The third-order valence-electron chi connectivity index (χ3n) is 3.29. The topological polar surface area (TPSA) is 66.8 Å². The highest BCUT2D eigenvalue weighted by Gasteiger charge is 2.42. The van der Waals surface area contributed by atoms with Crippen molar-refractivity contribution in [2.75, 3.05) is 19.7 Å². The largest absolute Gasteiger partial charge is 0.481 e. The van der Waals surface area contributed by atoms with Crippen LogP contribution in [-0.2, 0) is 9.53 Å². The van der Waals surface area contributed by atoms with Crippen LogP contribution in [-0.4, -0.2) is 41.8 Å². The van der Waals surface area contributed by atoms with Crippen molar-refractivity contribution in [3.8, 4) is 0 Å². The Bertz CT molecular complexity index is 316. The summed E-state index contributed by atoms with van der Waals surface area (Å²) in [7, 11) is 0. The molecule has 1 atom stereocenters. The van der Waals surface area contributed by atoms with Crippen molar-refractivity contribution in [3.63, 3.8) is 0 Å². The number of carbonyl (C=O) groups excluding carboxylic acids is 1. The molecule has 0 aromatic carbocycles. The minimum atomic E-state index is -0.832. The molecule has 1 rings (SSSR count). The van der Waals surface area contributed by atoms with E-state index in [2.05, 4.69) is 6.58 Å². The third-order valence-corrected chi connectivity index (χ3v) is 3.29. The number of piperidine rings is 1. The minimum Gasteiger partial charge on any atom is -0.481 e. The number of carboxylic acids is 1. The van der Waals surface area contributed by atoms with Gasteiger partial charge in [0.25, 0.3) is 0 Å². The fourth-order valence-electron chi connectivity index (χ4n) is 2.12. The Morgan fingerprint density at radius 1 is 1.59 bits per heavy atom. The molecule has 1 aliphatic heterocycles. The summed E-state index contributed by atoms with van der Waals surface area (Å²) in [5.41, 5.74) is -0.814. The monoisotopic (exact) mass is 241 g/mol. The van der Waals surface area contributed by atoms with Crippen molar-refractivity contribution in [1.82, 2.24) is 4.90 Å². The predicted molar refractivity (Wildman–Crippen MR) is 62.7 cm³/mol. The first kappa shape index (κ1) is 13.5. The van der Waals surface area contributed by atoms with Gasteiger partial charge < -0.3 is 14.7 Å². The third kappa shape index (κ3) is 2.99. The number of likely N-dealkylation sites (tertiary alicyclic amines) is 1. The molecule has 0 saturated carbocycles. The Kier molecular flexibility index (Phi) is 4.54. The number of aliphatic carboxylic acids is 1. The molecule has 96 valence electrons. The molecule has 0 aliphatic carbocycles. The highest BCUT2D eigenvalue weighted by Crippen LogP contribution is 2.33. The molecule has 1 aliphatic rings. The average Bonchev–Trinajstić information content (AvgIpc) is 2.35. The number of carbonyl (C=O) groups is 2. The second-order valence-corrected chi connectivity index (χ2v) is 4.33. The van der Waals surface area contributed by atoms with Gasteiger partial charge in [-0.05, 0) is 19.3 Å². The van der Waals surface area contributed by atoms with Crippen molar-refractivity contribution in [2.45, 2.75) is 26.2 Å². The molecule has 1 heterocycles. The van der Waals surface area contributed by atoms with Crippen LogP contribution in [0.25, 0.3) is 0 Å². The molecule has 1 N–H and O–H groups in total. The Morgan fingerprint density at radius 3 is 2.82 bits per heavy atom. The fourth-order valence-corrected chi connectivity index (χ4v) is 2.12. The fraction of sp³-hybridized carbons (Fsp3) is 0.667.